The molecular formula is C21H21N5O2S. The van der Waals surface area contributed by atoms with Crippen LogP contribution in [0.4, 0.5) is 5.82 Å². The average Bonchev–Trinajstić information content (AvgIpc) is 3.49. The number of carbonyl (C=O) groups excluding carboxylic acids is 1. The Labute approximate surface area is 172 Å². The van der Waals surface area contributed by atoms with E-state index in [-0.39, 0.29) is 12.3 Å². The number of benzene rings is 1. The van der Waals surface area contributed by atoms with Crippen molar-refractivity contribution in [1.29, 1.82) is 0 Å². The van der Waals surface area contributed by atoms with E-state index in [0.29, 0.717) is 30.5 Å². The highest BCUT2D eigenvalue weighted by Crippen LogP contribution is 2.19. The Hall–Kier alpha value is -3.26. The first-order valence-corrected chi connectivity index (χ1v) is 10.4. The van der Waals surface area contributed by atoms with Crippen molar-refractivity contribution in [3.05, 3.63) is 70.4 Å². The van der Waals surface area contributed by atoms with E-state index in [2.05, 4.69) is 51.7 Å². The molecule has 0 radical (unpaired) electrons. The zero-order valence-corrected chi connectivity index (χ0v) is 16.9. The van der Waals surface area contributed by atoms with Crippen LogP contribution in [0.25, 0.3) is 11.4 Å². The van der Waals surface area contributed by atoms with Gasteiger partial charge in [-0.3, -0.25) is 4.79 Å². The summed E-state index contributed by atoms with van der Waals surface area (Å²) >= 11 is 1.57. The summed E-state index contributed by atoms with van der Waals surface area (Å²) < 4.78 is 7.02. The molecule has 0 aliphatic rings. The number of hydrogen-bond donors (Lipinski definition) is 1. The van der Waals surface area contributed by atoms with Crippen molar-refractivity contribution < 1.29 is 9.32 Å². The normalized spacial score (nSPS) is 10.9. The molecule has 8 heteroatoms. The van der Waals surface area contributed by atoms with Crippen LogP contribution in [0.3, 0.4) is 0 Å². The van der Waals surface area contributed by atoms with Crippen LogP contribution >= 0.6 is 11.3 Å². The fourth-order valence-corrected chi connectivity index (χ4v) is 3.54. The Morgan fingerprint density at radius 1 is 1.17 bits per heavy atom. The van der Waals surface area contributed by atoms with E-state index in [4.69, 9.17) is 4.52 Å². The number of hydrogen-bond acceptors (Lipinski definition) is 6. The number of thiophene rings is 1. The van der Waals surface area contributed by atoms with E-state index in [1.807, 2.05) is 16.8 Å². The third-order valence-electron chi connectivity index (χ3n) is 4.56. The first kappa shape index (κ1) is 19.1. The zero-order chi connectivity index (χ0) is 20.1. The second-order valence-electron chi connectivity index (χ2n) is 6.62. The molecule has 0 bridgehead atoms. The van der Waals surface area contributed by atoms with Crippen molar-refractivity contribution in [1.82, 2.24) is 19.9 Å². The van der Waals surface area contributed by atoms with Gasteiger partial charge < -0.3 is 9.84 Å². The van der Waals surface area contributed by atoms with Crippen molar-refractivity contribution in [3.63, 3.8) is 0 Å². The molecule has 1 N–H and O–H groups in total. The highest BCUT2D eigenvalue weighted by molar-refractivity contribution is 7.08. The van der Waals surface area contributed by atoms with E-state index in [1.165, 1.54) is 5.56 Å². The van der Waals surface area contributed by atoms with Gasteiger partial charge in [-0.2, -0.15) is 21.4 Å². The SMILES string of the molecule is CCc1ccc(Cn2nccc2NC(=O)CCc2nc(-c3ccsc3)no2)cc1. The molecule has 1 aromatic carbocycles. The standard InChI is InChI=1S/C21H21N5O2S/c1-2-15-3-5-16(6-4-15)13-26-18(9-11-22-26)23-19(27)7-8-20-24-21(25-28-20)17-10-12-29-14-17/h3-6,9-12,14H,2,7-8,13H2,1H3,(H,23,27). The Bertz CT molecular complexity index is 1070. The number of amides is 1. The van der Waals surface area contributed by atoms with E-state index in [0.717, 1.165) is 17.5 Å². The number of aromatic nitrogens is 4. The van der Waals surface area contributed by atoms with E-state index >= 15 is 0 Å². The molecule has 29 heavy (non-hydrogen) atoms. The van der Waals surface area contributed by atoms with Gasteiger partial charge in [0.15, 0.2) is 0 Å². The topological polar surface area (TPSA) is 85.8 Å². The van der Waals surface area contributed by atoms with Crippen LogP contribution < -0.4 is 5.32 Å². The van der Waals surface area contributed by atoms with Crippen LogP contribution in [0.1, 0.15) is 30.4 Å². The molecule has 0 atom stereocenters. The molecule has 3 aromatic heterocycles. The summed E-state index contributed by atoms with van der Waals surface area (Å²) in [6.07, 6.45) is 3.33. The van der Waals surface area contributed by atoms with Crippen LogP contribution in [-0.2, 0) is 24.2 Å². The van der Waals surface area contributed by atoms with Crippen molar-refractivity contribution in [3.8, 4) is 11.4 Å². The largest absolute Gasteiger partial charge is 0.339 e. The molecule has 0 aliphatic heterocycles. The van der Waals surface area contributed by atoms with Crippen molar-refractivity contribution in [2.75, 3.05) is 5.32 Å². The molecule has 0 fully saturated rings. The molecule has 1 amide bonds. The van der Waals surface area contributed by atoms with Gasteiger partial charge in [0.2, 0.25) is 17.6 Å². The monoisotopic (exact) mass is 407 g/mol. The number of nitrogens with zero attached hydrogens (tertiary/aromatic N) is 4. The number of rotatable bonds is 8. The molecule has 7 nitrogen and oxygen atoms in total. The summed E-state index contributed by atoms with van der Waals surface area (Å²) in [6.45, 7) is 2.73. The molecule has 4 rings (SSSR count). The van der Waals surface area contributed by atoms with Crippen LogP contribution in [-0.4, -0.2) is 25.8 Å². The third-order valence-corrected chi connectivity index (χ3v) is 5.24. The predicted molar refractivity (Wildman–Crippen MR) is 112 cm³/mol. The van der Waals surface area contributed by atoms with E-state index in [9.17, 15) is 4.79 Å². The number of nitrogens with one attached hydrogen (secondary N) is 1. The minimum atomic E-state index is -0.122. The smallest absolute Gasteiger partial charge is 0.227 e. The van der Waals surface area contributed by atoms with Gasteiger partial charge in [0.05, 0.1) is 12.7 Å². The summed E-state index contributed by atoms with van der Waals surface area (Å²) in [5, 5.41) is 15.1. The molecule has 0 saturated heterocycles. The maximum Gasteiger partial charge on any atom is 0.227 e. The fraction of sp³-hybridized carbons (Fsp3) is 0.238. The van der Waals surface area contributed by atoms with Gasteiger partial charge in [-0.05, 0) is 29.0 Å². The maximum absolute atomic E-state index is 12.4. The van der Waals surface area contributed by atoms with Crippen LogP contribution in [0.2, 0.25) is 0 Å². The van der Waals surface area contributed by atoms with Gasteiger partial charge in [-0.1, -0.05) is 36.3 Å². The lowest BCUT2D eigenvalue weighted by Gasteiger charge is -2.09. The Morgan fingerprint density at radius 3 is 2.76 bits per heavy atom. The van der Waals surface area contributed by atoms with Gasteiger partial charge in [0.25, 0.3) is 0 Å². The Kier molecular flexibility index (Phi) is 5.81. The first-order chi connectivity index (χ1) is 14.2. The lowest BCUT2D eigenvalue weighted by Crippen LogP contribution is -2.16. The van der Waals surface area contributed by atoms with Crippen molar-refractivity contribution >= 4 is 23.1 Å². The van der Waals surface area contributed by atoms with E-state index in [1.54, 1.807) is 28.3 Å². The Balaban J connectivity index is 1.32. The van der Waals surface area contributed by atoms with Gasteiger partial charge in [-0.25, -0.2) is 4.68 Å². The van der Waals surface area contributed by atoms with Gasteiger partial charge in [0, 0.05) is 29.9 Å². The van der Waals surface area contributed by atoms with Crippen LogP contribution in [0.15, 0.2) is 57.9 Å². The summed E-state index contributed by atoms with van der Waals surface area (Å²) in [7, 11) is 0. The van der Waals surface area contributed by atoms with Crippen molar-refractivity contribution in [2.45, 2.75) is 32.7 Å². The molecule has 0 saturated carbocycles. The van der Waals surface area contributed by atoms with Gasteiger partial charge in [-0.15, -0.1) is 0 Å². The minimum Gasteiger partial charge on any atom is -0.339 e. The van der Waals surface area contributed by atoms with Crippen molar-refractivity contribution in [2.24, 2.45) is 0 Å². The highest BCUT2D eigenvalue weighted by Gasteiger charge is 2.12. The second kappa shape index (κ2) is 8.83. The average molecular weight is 407 g/mol. The maximum atomic E-state index is 12.4. The zero-order valence-electron chi connectivity index (χ0n) is 16.0. The highest BCUT2D eigenvalue weighted by atomic mass is 32.1. The predicted octanol–water partition coefficient (Wildman–Crippen LogP) is 4.18. The molecule has 3 heterocycles. The van der Waals surface area contributed by atoms with Gasteiger partial charge in [0.1, 0.15) is 5.82 Å². The summed E-state index contributed by atoms with van der Waals surface area (Å²) in [5.74, 6) is 1.54. The third kappa shape index (κ3) is 4.78. The van der Waals surface area contributed by atoms with Crippen LogP contribution in [0.5, 0.6) is 0 Å². The quantitative estimate of drug-likeness (QED) is 0.474. The van der Waals surface area contributed by atoms with Crippen LogP contribution in [0, 0.1) is 0 Å². The summed E-state index contributed by atoms with van der Waals surface area (Å²) in [6, 6.07) is 12.1. The Morgan fingerprint density at radius 2 is 2.00 bits per heavy atom. The lowest BCUT2D eigenvalue weighted by molar-refractivity contribution is -0.116. The minimum absolute atomic E-state index is 0.122. The summed E-state index contributed by atoms with van der Waals surface area (Å²) in [5.41, 5.74) is 3.35. The van der Waals surface area contributed by atoms with E-state index < -0.39 is 0 Å². The molecule has 0 aliphatic carbocycles. The second-order valence-corrected chi connectivity index (χ2v) is 7.40. The molecule has 0 unspecified atom stereocenters. The number of anilines is 1. The first-order valence-electron chi connectivity index (χ1n) is 9.46. The molecule has 4 aromatic rings. The van der Waals surface area contributed by atoms with Gasteiger partial charge >= 0.3 is 0 Å². The number of aryl methyl sites for hydroxylation is 2. The molecule has 148 valence electrons. The molecule has 0 spiro atoms. The summed E-state index contributed by atoms with van der Waals surface area (Å²) in [4.78, 5) is 16.7. The fourth-order valence-electron chi connectivity index (χ4n) is 2.91. The molecular weight excluding hydrogens is 386 g/mol. The lowest BCUT2D eigenvalue weighted by atomic mass is 10.1. The number of carbonyl (C=O) groups is 1.